The quantitative estimate of drug-likeness (QED) is 0.511. The molecule has 1 N–H and O–H groups in total. The van der Waals surface area contributed by atoms with Crippen molar-refractivity contribution < 1.29 is 9.53 Å². The summed E-state index contributed by atoms with van der Waals surface area (Å²) in [4.78, 5) is 21.4. The molecule has 8 nitrogen and oxygen atoms in total. The summed E-state index contributed by atoms with van der Waals surface area (Å²) in [6, 6.07) is 11.6. The number of urea groups is 1. The van der Waals surface area contributed by atoms with E-state index in [0.29, 0.717) is 35.6 Å². The minimum atomic E-state index is -0.343. The van der Waals surface area contributed by atoms with Crippen LogP contribution in [0, 0.1) is 6.92 Å². The highest BCUT2D eigenvalue weighted by Crippen LogP contribution is 2.47. The van der Waals surface area contributed by atoms with Gasteiger partial charge in [0.15, 0.2) is 0 Å². The Morgan fingerprint density at radius 2 is 1.86 bits per heavy atom. The van der Waals surface area contributed by atoms with Crippen molar-refractivity contribution in [3.05, 3.63) is 64.2 Å². The van der Waals surface area contributed by atoms with Crippen LogP contribution in [-0.2, 0) is 5.54 Å². The molecule has 0 bridgehead atoms. The van der Waals surface area contributed by atoms with E-state index < -0.39 is 0 Å². The molecule has 0 unspecified atom stereocenters. The lowest BCUT2D eigenvalue weighted by Crippen LogP contribution is -2.53. The van der Waals surface area contributed by atoms with Crippen LogP contribution in [0.4, 0.5) is 10.5 Å². The van der Waals surface area contributed by atoms with E-state index >= 15 is 0 Å². The molecule has 1 saturated heterocycles. The lowest BCUT2D eigenvalue weighted by molar-refractivity contribution is 0.189. The Morgan fingerprint density at radius 3 is 2.49 bits per heavy atom. The van der Waals surface area contributed by atoms with Crippen molar-refractivity contribution in [2.45, 2.75) is 32.2 Å². The van der Waals surface area contributed by atoms with Gasteiger partial charge in [0.25, 0.3) is 0 Å². The molecule has 1 aliphatic heterocycles. The van der Waals surface area contributed by atoms with Crippen LogP contribution in [-0.4, -0.2) is 58.5 Å². The van der Waals surface area contributed by atoms with Crippen LogP contribution in [0.1, 0.15) is 31.2 Å². The Labute approximate surface area is 214 Å². The Hall–Kier alpha value is -2.97. The standard InChI is InChI=1S/C25H28Cl2N6O2/c1-3-35-23-15-19(5-7-22(23)33-16-28-17(2)30-33)31-10-12-32(13-11-31)24(34)29-25(8-9-25)18-4-6-20(26)21(27)14-18/h4-7,14-16H,3,8-13H2,1-2H3,(H,29,34). The molecule has 0 radical (unpaired) electrons. The first-order chi connectivity index (χ1) is 16.9. The second-order valence-electron chi connectivity index (χ2n) is 8.94. The largest absolute Gasteiger partial charge is 0.492 e. The number of carbonyl (C=O) groups excluding carboxylic acids is 1. The maximum atomic E-state index is 13.1. The van der Waals surface area contributed by atoms with Crippen molar-refractivity contribution in [2.75, 3.05) is 37.7 Å². The molecule has 2 heterocycles. The number of aromatic nitrogens is 3. The summed E-state index contributed by atoms with van der Waals surface area (Å²) in [5.74, 6) is 1.46. The molecule has 1 aromatic heterocycles. The fourth-order valence-electron chi connectivity index (χ4n) is 4.48. The Morgan fingerprint density at radius 1 is 1.09 bits per heavy atom. The Bertz CT molecular complexity index is 1230. The topological polar surface area (TPSA) is 75.5 Å². The minimum Gasteiger partial charge on any atom is -0.492 e. The molecule has 1 saturated carbocycles. The lowest BCUT2D eigenvalue weighted by Gasteiger charge is -2.37. The summed E-state index contributed by atoms with van der Waals surface area (Å²) >= 11 is 12.3. The predicted molar refractivity (Wildman–Crippen MR) is 137 cm³/mol. The summed E-state index contributed by atoms with van der Waals surface area (Å²) in [6.45, 7) is 7.12. The predicted octanol–water partition coefficient (Wildman–Crippen LogP) is 4.80. The van der Waals surface area contributed by atoms with E-state index in [4.69, 9.17) is 27.9 Å². The number of nitrogens with one attached hydrogen (secondary N) is 1. The summed E-state index contributed by atoms with van der Waals surface area (Å²) in [5, 5.41) is 8.67. The first-order valence-electron chi connectivity index (χ1n) is 11.8. The first-order valence-corrected chi connectivity index (χ1v) is 12.6. The van der Waals surface area contributed by atoms with Gasteiger partial charge in [0.05, 0.1) is 22.2 Å². The van der Waals surface area contributed by atoms with Crippen molar-refractivity contribution in [2.24, 2.45) is 0 Å². The average molecular weight is 515 g/mol. The molecule has 0 spiro atoms. The van der Waals surface area contributed by atoms with Gasteiger partial charge in [-0.3, -0.25) is 0 Å². The van der Waals surface area contributed by atoms with E-state index in [1.807, 2.05) is 43.0 Å². The van der Waals surface area contributed by atoms with Crippen molar-refractivity contribution in [3.8, 4) is 11.4 Å². The molecular formula is C25H28Cl2N6O2. The third-order valence-corrected chi connectivity index (χ3v) is 7.34. The molecule has 1 aliphatic carbocycles. The Kier molecular flexibility index (Phi) is 6.51. The van der Waals surface area contributed by atoms with E-state index in [-0.39, 0.29) is 11.6 Å². The van der Waals surface area contributed by atoms with Crippen LogP contribution >= 0.6 is 23.2 Å². The highest BCUT2D eigenvalue weighted by molar-refractivity contribution is 6.42. The molecule has 2 aliphatic rings. The number of anilines is 1. The number of aryl methyl sites for hydroxylation is 1. The molecule has 5 rings (SSSR count). The Balaban J connectivity index is 1.23. The molecule has 184 valence electrons. The number of amides is 2. The van der Waals surface area contributed by atoms with Gasteiger partial charge >= 0.3 is 6.03 Å². The van der Waals surface area contributed by atoms with Crippen molar-refractivity contribution in [3.63, 3.8) is 0 Å². The number of hydrogen-bond donors (Lipinski definition) is 1. The van der Waals surface area contributed by atoms with Gasteiger partial charge in [-0.2, -0.15) is 5.10 Å². The zero-order valence-electron chi connectivity index (χ0n) is 19.8. The fourth-order valence-corrected chi connectivity index (χ4v) is 4.78. The number of benzene rings is 2. The third-order valence-electron chi connectivity index (χ3n) is 6.60. The number of carbonyl (C=O) groups is 1. The number of nitrogens with zero attached hydrogens (tertiary/aromatic N) is 5. The molecule has 0 atom stereocenters. The second kappa shape index (κ2) is 9.59. The van der Waals surface area contributed by atoms with E-state index in [1.54, 1.807) is 17.1 Å². The zero-order chi connectivity index (χ0) is 24.6. The second-order valence-corrected chi connectivity index (χ2v) is 9.75. The van der Waals surface area contributed by atoms with Crippen LogP contribution in [0.25, 0.3) is 5.69 Å². The number of piperazine rings is 1. The molecule has 2 amide bonds. The highest BCUT2D eigenvalue weighted by atomic mass is 35.5. The average Bonchev–Trinajstić information content (AvgIpc) is 3.51. The SMILES string of the molecule is CCOc1cc(N2CCN(C(=O)NC3(c4ccc(Cl)c(Cl)c4)CC3)CC2)ccc1-n1cnc(C)n1. The normalized spacial score (nSPS) is 16.8. The number of ether oxygens (including phenoxy) is 1. The van der Waals surface area contributed by atoms with Gasteiger partial charge in [-0.1, -0.05) is 29.3 Å². The smallest absolute Gasteiger partial charge is 0.318 e. The molecule has 2 fully saturated rings. The number of halogens is 2. The minimum absolute atomic E-state index is 0.0415. The summed E-state index contributed by atoms with van der Waals surface area (Å²) in [5.41, 5.74) is 2.57. The van der Waals surface area contributed by atoms with E-state index in [1.165, 1.54) is 0 Å². The maximum absolute atomic E-state index is 13.1. The third kappa shape index (κ3) is 4.90. The van der Waals surface area contributed by atoms with E-state index in [9.17, 15) is 4.79 Å². The van der Waals surface area contributed by atoms with Gasteiger partial charge in [0.2, 0.25) is 0 Å². The first kappa shape index (κ1) is 23.8. The molecule has 35 heavy (non-hydrogen) atoms. The van der Waals surface area contributed by atoms with Crippen LogP contribution in [0.5, 0.6) is 5.75 Å². The van der Waals surface area contributed by atoms with Crippen LogP contribution < -0.4 is 15.0 Å². The summed E-state index contributed by atoms with van der Waals surface area (Å²) < 4.78 is 7.63. The van der Waals surface area contributed by atoms with Gasteiger partial charge in [-0.05, 0) is 56.5 Å². The van der Waals surface area contributed by atoms with Crippen LogP contribution in [0.2, 0.25) is 10.0 Å². The van der Waals surface area contributed by atoms with Crippen molar-refractivity contribution >= 4 is 34.9 Å². The van der Waals surface area contributed by atoms with Crippen molar-refractivity contribution in [1.82, 2.24) is 25.0 Å². The fraction of sp³-hybridized carbons (Fsp3) is 0.400. The molecule has 2 aromatic carbocycles. The summed E-state index contributed by atoms with van der Waals surface area (Å²) in [6.07, 6.45) is 3.48. The molecule has 3 aromatic rings. The van der Waals surface area contributed by atoms with E-state index in [0.717, 1.165) is 48.6 Å². The van der Waals surface area contributed by atoms with Gasteiger partial charge in [-0.25, -0.2) is 14.5 Å². The number of hydrogen-bond acceptors (Lipinski definition) is 5. The number of rotatable bonds is 6. The van der Waals surface area contributed by atoms with Gasteiger partial charge in [0, 0.05) is 37.9 Å². The maximum Gasteiger partial charge on any atom is 0.318 e. The molecular weight excluding hydrogens is 487 g/mol. The van der Waals surface area contributed by atoms with Gasteiger partial charge in [-0.15, -0.1) is 0 Å². The summed E-state index contributed by atoms with van der Waals surface area (Å²) in [7, 11) is 0. The monoisotopic (exact) mass is 514 g/mol. The van der Waals surface area contributed by atoms with Crippen molar-refractivity contribution in [1.29, 1.82) is 0 Å². The highest BCUT2D eigenvalue weighted by Gasteiger charge is 2.46. The van der Waals surface area contributed by atoms with Gasteiger partial charge in [0.1, 0.15) is 23.6 Å². The van der Waals surface area contributed by atoms with Crippen LogP contribution in [0.3, 0.4) is 0 Å². The van der Waals surface area contributed by atoms with Gasteiger partial charge < -0.3 is 19.9 Å². The lowest BCUT2D eigenvalue weighted by atomic mass is 10.1. The molecule has 10 heteroatoms. The van der Waals surface area contributed by atoms with E-state index in [2.05, 4.69) is 26.4 Å². The zero-order valence-corrected chi connectivity index (χ0v) is 21.3. The van der Waals surface area contributed by atoms with Crippen LogP contribution in [0.15, 0.2) is 42.7 Å².